The Balaban J connectivity index is 1.40. The number of carbonyl (C=O) groups excluding carboxylic acids is 2. The van der Waals surface area contributed by atoms with Crippen LogP contribution in [0.25, 0.3) is 5.52 Å². The predicted molar refractivity (Wildman–Crippen MR) is 120 cm³/mol. The van der Waals surface area contributed by atoms with E-state index in [1.54, 1.807) is 28.2 Å². The molecule has 1 unspecified atom stereocenters. The van der Waals surface area contributed by atoms with Crippen molar-refractivity contribution in [3.8, 4) is 0 Å². The Bertz CT molecular complexity index is 1590. The number of aromatic nitrogens is 2. The van der Waals surface area contributed by atoms with Gasteiger partial charge in [-0.05, 0) is 29.8 Å². The lowest BCUT2D eigenvalue weighted by molar-refractivity contribution is -0.606. The average molecular weight is 575 g/mol. The minimum atomic E-state index is -5.50. The number of halogens is 7. The minimum Gasteiger partial charge on any atom is -0.329 e. The van der Waals surface area contributed by atoms with Gasteiger partial charge in [-0.15, -0.1) is 0 Å². The van der Waals surface area contributed by atoms with Crippen LogP contribution < -0.4 is 11.0 Å². The van der Waals surface area contributed by atoms with E-state index in [0.29, 0.717) is 21.3 Å². The van der Waals surface area contributed by atoms with Gasteiger partial charge in [0.05, 0.1) is 23.8 Å². The van der Waals surface area contributed by atoms with Gasteiger partial charge in [0.2, 0.25) is 6.17 Å². The zero-order chi connectivity index (χ0) is 29.0. The summed E-state index contributed by atoms with van der Waals surface area (Å²) in [6, 6.07) is 6.93. The van der Waals surface area contributed by atoms with Crippen molar-refractivity contribution in [1.82, 2.24) is 24.9 Å². The number of piperazine rings is 1. The molecule has 17 heteroatoms. The molecule has 0 aliphatic carbocycles. The van der Waals surface area contributed by atoms with Crippen molar-refractivity contribution in [1.29, 1.82) is 0 Å². The van der Waals surface area contributed by atoms with E-state index in [-0.39, 0.29) is 23.7 Å². The predicted octanol–water partition coefficient (Wildman–Crippen LogP) is 1.95. The van der Waals surface area contributed by atoms with Crippen LogP contribution in [0.1, 0.15) is 21.6 Å². The van der Waals surface area contributed by atoms with Gasteiger partial charge >= 0.3 is 24.2 Å². The molecule has 2 aliphatic rings. The molecule has 4 heterocycles. The molecule has 1 atom stereocenters. The van der Waals surface area contributed by atoms with Crippen LogP contribution in [0.2, 0.25) is 0 Å². The van der Waals surface area contributed by atoms with E-state index in [1.165, 1.54) is 18.3 Å². The van der Waals surface area contributed by atoms with Crippen molar-refractivity contribution in [3.63, 3.8) is 0 Å². The first kappa shape index (κ1) is 27.2. The SMILES string of the molecule is O=C(c1cc(Cc2c[nH]c(=O)c3cccn23)ccc1F)N1CC[N+]2=C(C(F)(F)F)NN(OC(=O)C(F)(F)F)C2C1. The molecule has 1 aromatic carbocycles. The monoisotopic (exact) mass is 575 g/mol. The Morgan fingerprint density at radius 1 is 1.12 bits per heavy atom. The summed E-state index contributed by atoms with van der Waals surface area (Å²) in [4.78, 5) is 44.2. The molecule has 0 bridgehead atoms. The van der Waals surface area contributed by atoms with E-state index >= 15 is 0 Å². The van der Waals surface area contributed by atoms with Crippen molar-refractivity contribution >= 4 is 23.2 Å². The van der Waals surface area contributed by atoms with Gasteiger partial charge in [-0.1, -0.05) is 6.07 Å². The number of hydrogen-bond acceptors (Lipinski definition) is 6. The molecule has 2 aromatic heterocycles. The van der Waals surface area contributed by atoms with Crippen LogP contribution in [0.5, 0.6) is 0 Å². The number of rotatable bonds is 4. The maximum Gasteiger partial charge on any atom is 0.496 e. The third-order valence-electron chi connectivity index (χ3n) is 6.40. The van der Waals surface area contributed by atoms with Gasteiger partial charge in [0.1, 0.15) is 17.9 Å². The fourth-order valence-electron chi connectivity index (χ4n) is 4.58. The second-order valence-corrected chi connectivity index (χ2v) is 8.95. The number of H-pyrrole nitrogens is 1. The van der Waals surface area contributed by atoms with Crippen LogP contribution in [0.3, 0.4) is 0 Å². The summed E-state index contributed by atoms with van der Waals surface area (Å²) in [5.74, 6) is -6.13. The van der Waals surface area contributed by atoms with Gasteiger partial charge in [0.25, 0.3) is 11.5 Å². The summed E-state index contributed by atoms with van der Waals surface area (Å²) in [6.45, 7) is -1.52. The van der Waals surface area contributed by atoms with E-state index in [2.05, 4.69) is 9.82 Å². The third kappa shape index (κ3) is 4.99. The van der Waals surface area contributed by atoms with Crippen molar-refractivity contribution in [2.45, 2.75) is 24.9 Å². The minimum absolute atomic E-state index is 0.0244. The van der Waals surface area contributed by atoms with Crippen LogP contribution in [0, 0.1) is 5.82 Å². The average Bonchev–Trinajstić information content (AvgIpc) is 3.52. The summed E-state index contributed by atoms with van der Waals surface area (Å²) in [5.41, 5.74) is 2.28. The van der Waals surface area contributed by atoms with E-state index < -0.39 is 60.7 Å². The number of fused-ring (bicyclic) bond motifs is 2. The molecule has 3 aromatic rings. The zero-order valence-electron chi connectivity index (χ0n) is 20.0. The number of amidine groups is 1. The number of nitrogens with zero attached hydrogens (tertiary/aromatic N) is 4. The first-order chi connectivity index (χ1) is 18.7. The lowest BCUT2D eigenvalue weighted by Crippen LogP contribution is -2.56. The molecule has 2 N–H and O–H groups in total. The number of nitrogens with one attached hydrogen (secondary N) is 2. The van der Waals surface area contributed by atoms with Gasteiger partial charge in [-0.25, -0.2) is 13.8 Å². The molecule has 5 rings (SSSR count). The third-order valence-corrected chi connectivity index (χ3v) is 6.40. The summed E-state index contributed by atoms with van der Waals surface area (Å²) in [5, 5.41) is -0.0244. The summed E-state index contributed by atoms with van der Waals surface area (Å²) in [7, 11) is 0. The number of carbonyl (C=O) groups is 2. The fraction of sp³-hybridized carbons (Fsp3) is 0.304. The normalized spacial score (nSPS) is 18.2. The number of aromatic amines is 1. The highest BCUT2D eigenvalue weighted by molar-refractivity contribution is 5.95. The molecular formula is C23H18F7N6O4+. The van der Waals surface area contributed by atoms with Crippen LogP contribution in [0.15, 0.2) is 47.5 Å². The molecule has 0 saturated carbocycles. The largest absolute Gasteiger partial charge is 0.496 e. The van der Waals surface area contributed by atoms with E-state index in [9.17, 15) is 45.1 Å². The van der Waals surface area contributed by atoms with Gasteiger partial charge < -0.3 is 19.1 Å². The van der Waals surface area contributed by atoms with Crippen LogP contribution in [-0.4, -0.2) is 79.9 Å². The summed E-state index contributed by atoms with van der Waals surface area (Å²) < 4.78 is 95.6. The van der Waals surface area contributed by atoms with E-state index in [0.717, 1.165) is 11.0 Å². The van der Waals surface area contributed by atoms with E-state index in [4.69, 9.17) is 0 Å². The van der Waals surface area contributed by atoms with Crippen molar-refractivity contribution in [2.75, 3.05) is 19.6 Å². The Morgan fingerprint density at radius 2 is 1.88 bits per heavy atom. The highest BCUT2D eigenvalue weighted by Crippen LogP contribution is 2.27. The number of hydrogen-bond donors (Lipinski definition) is 2. The van der Waals surface area contributed by atoms with Crippen molar-refractivity contribution < 1.29 is 49.7 Å². The van der Waals surface area contributed by atoms with Crippen LogP contribution in [0.4, 0.5) is 30.7 Å². The molecule has 2 aliphatic heterocycles. The quantitative estimate of drug-likeness (QED) is 0.365. The Kier molecular flexibility index (Phi) is 6.56. The molecule has 0 spiro atoms. The first-order valence-corrected chi connectivity index (χ1v) is 11.5. The lowest BCUT2D eigenvalue weighted by atomic mass is 10.0. The van der Waals surface area contributed by atoms with Crippen LogP contribution in [-0.2, 0) is 16.1 Å². The maximum atomic E-state index is 14.8. The number of benzene rings is 1. The molecule has 0 radical (unpaired) electrons. The number of amides is 1. The van der Waals surface area contributed by atoms with Gasteiger partial charge in [-0.3, -0.25) is 9.59 Å². The highest BCUT2D eigenvalue weighted by Gasteiger charge is 2.58. The fourth-order valence-corrected chi connectivity index (χ4v) is 4.58. The van der Waals surface area contributed by atoms with Crippen molar-refractivity contribution in [3.05, 3.63) is 75.7 Å². The molecule has 1 amide bonds. The second-order valence-electron chi connectivity index (χ2n) is 8.95. The molecule has 10 nitrogen and oxygen atoms in total. The molecule has 1 fully saturated rings. The lowest BCUT2D eigenvalue weighted by Gasteiger charge is -2.32. The smallest absolute Gasteiger partial charge is 0.329 e. The molecule has 40 heavy (non-hydrogen) atoms. The van der Waals surface area contributed by atoms with Gasteiger partial charge in [-0.2, -0.15) is 31.8 Å². The topological polar surface area (TPSA) is 102 Å². The van der Waals surface area contributed by atoms with Gasteiger partial charge in [0, 0.05) is 24.5 Å². The Labute approximate surface area is 218 Å². The molecule has 212 valence electrons. The highest BCUT2D eigenvalue weighted by atomic mass is 19.4. The van der Waals surface area contributed by atoms with Crippen molar-refractivity contribution in [2.24, 2.45) is 0 Å². The Hall–Kier alpha value is -4.41. The second kappa shape index (κ2) is 9.65. The standard InChI is InChI=1S/C23H17F7N6O4/c24-15-4-3-12(8-13-10-31-18(37)16-2-1-5-34(13)16)9-14(15)19(38)33-6-7-35-17(11-33)36(32-20(35)22(25,26)27)40-21(39)23(28,29)30/h1-5,9-10,17H,6-8,11H2,(H,31,37)/p+1. The Morgan fingerprint density at radius 3 is 2.58 bits per heavy atom. The number of hydroxylamine groups is 1. The first-order valence-electron chi connectivity index (χ1n) is 11.5. The summed E-state index contributed by atoms with van der Waals surface area (Å²) >= 11 is 0. The number of alkyl halides is 6. The zero-order valence-corrected chi connectivity index (χ0v) is 20.0. The van der Waals surface area contributed by atoms with Crippen LogP contribution >= 0.6 is 0 Å². The van der Waals surface area contributed by atoms with E-state index in [1.807, 2.05) is 0 Å². The number of hydrazine groups is 1. The maximum absolute atomic E-state index is 14.8. The summed E-state index contributed by atoms with van der Waals surface area (Å²) in [6.07, 6.45) is -8.97. The molecular weight excluding hydrogens is 557 g/mol. The van der Waals surface area contributed by atoms with Gasteiger partial charge in [0.15, 0.2) is 0 Å². The molecule has 1 saturated heterocycles.